The maximum Gasteiger partial charge on any atom is 0.165 e. The lowest BCUT2D eigenvalue weighted by molar-refractivity contribution is -0.148. The van der Waals surface area contributed by atoms with E-state index in [0.717, 1.165) is 32.1 Å². The summed E-state index contributed by atoms with van der Waals surface area (Å²) in [7, 11) is 0. The fraction of sp³-hybridized carbons (Fsp3) is 0.650. The van der Waals surface area contributed by atoms with E-state index >= 15 is 0 Å². The Labute approximate surface area is 149 Å². The Morgan fingerprint density at radius 3 is 2.68 bits per heavy atom. The molecular formula is C20H26N2O3. The number of benzene rings is 1. The van der Waals surface area contributed by atoms with Gasteiger partial charge in [0.05, 0.1) is 31.9 Å². The summed E-state index contributed by atoms with van der Waals surface area (Å²) in [6, 6.07) is 13.2. The number of nitrogens with zero attached hydrogens (tertiary/aromatic N) is 2. The molecule has 0 bridgehead atoms. The van der Waals surface area contributed by atoms with Gasteiger partial charge in [0.2, 0.25) is 0 Å². The maximum absolute atomic E-state index is 10.1. The molecule has 0 aliphatic carbocycles. The number of fused-ring (bicyclic) bond motifs is 1. The molecule has 0 spiro atoms. The average Bonchev–Trinajstić information content (AvgIpc) is 3.33. The molecule has 0 radical (unpaired) electrons. The van der Waals surface area contributed by atoms with Gasteiger partial charge in [0, 0.05) is 6.42 Å². The van der Waals surface area contributed by atoms with E-state index in [4.69, 9.17) is 14.2 Å². The summed E-state index contributed by atoms with van der Waals surface area (Å²) >= 11 is 0. The van der Waals surface area contributed by atoms with Gasteiger partial charge >= 0.3 is 0 Å². The Hall–Kier alpha value is -1.45. The largest absolute Gasteiger partial charge is 0.361 e. The topological polar surface area (TPSA) is 54.7 Å². The fourth-order valence-electron chi connectivity index (χ4n) is 4.61. The molecule has 4 rings (SSSR count). The molecule has 3 atom stereocenters. The van der Waals surface area contributed by atoms with Gasteiger partial charge in [0.15, 0.2) is 5.79 Å². The van der Waals surface area contributed by atoms with E-state index in [1.165, 1.54) is 5.56 Å². The fourth-order valence-corrected chi connectivity index (χ4v) is 4.61. The van der Waals surface area contributed by atoms with Gasteiger partial charge in [0.25, 0.3) is 0 Å². The smallest absolute Gasteiger partial charge is 0.165 e. The Kier molecular flexibility index (Phi) is 4.55. The molecule has 1 aromatic rings. The molecule has 134 valence electrons. The van der Waals surface area contributed by atoms with E-state index in [1.54, 1.807) is 0 Å². The van der Waals surface area contributed by atoms with Gasteiger partial charge < -0.3 is 14.2 Å². The molecule has 3 aliphatic rings. The second-order valence-corrected chi connectivity index (χ2v) is 7.49. The van der Waals surface area contributed by atoms with Crippen molar-refractivity contribution >= 4 is 0 Å². The van der Waals surface area contributed by atoms with E-state index in [2.05, 4.69) is 35.2 Å². The van der Waals surface area contributed by atoms with Crippen molar-refractivity contribution in [2.75, 3.05) is 19.8 Å². The van der Waals surface area contributed by atoms with E-state index < -0.39 is 11.3 Å². The van der Waals surface area contributed by atoms with Crippen LogP contribution in [0.2, 0.25) is 0 Å². The third kappa shape index (κ3) is 3.09. The van der Waals surface area contributed by atoms with Gasteiger partial charge in [-0.05, 0) is 38.2 Å². The van der Waals surface area contributed by atoms with Crippen LogP contribution in [0.25, 0.3) is 0 Å². The molecule has 3 saturated heterocycles. The first kappa shape index (κ1) is 17.0. The standard InChI is InChI=1S/C20H26N2O3/c1-19(24-12-13-25-19)9-5-10-20(15-21)11-8-18-22(20)17(14-23-18)16-6-3-2-4-7-16/h2-4,6-7,17-18H,5,8-14H2,1H3. The highest BCUT2D eigenvalue weighted by molar-refractivity contribution is 5.25. The number of hydrogen-bond donors (Lipinski definition) is 0. The average molecular weight is 342 g/mol. The van der Waals surface area contributed by atoms with Gasteiger partial charge in [-0.1, -0.05) is 30.3 Å². The maximum atomic E-state index is 10.1. The van der Waals surface area contributed by atoms with Crippen LogP contribution in [0, 0.1) is 11.3 Å². The van der Waals surface area contributed by atoms with Crippen LogP contribution in [0.15, 0.2) is 30.3 Å². The van der Waals surface area contributed by atoms with Crippen molar-refractivity contribution in [3.05, 3.63) is 35.9 Å². The normalized spacial score (nSPS) is 34.1. The zero-order chi connectivity index (χ0) is 17.3. The minimum atomic E-state index is -0.477. The van der Waals surface area contributed by atoms with E-state index in [9.17, 15) is 5.26 Å². The highest BCUT2D eigenvalue weighted by Crippen LogP contribution is 2.47. The summed E-state index contributed by atoms with van der Waals surface area (Å²) in [6.45, 7) is 4.00. The molecule has 0 aromatic heterocycles. The van der Waals surface area contributed by atoms with E-state index in [0.29, 0.717) is 19.8 Å². The molecule has 3 fully saturated rings. The van der Waals surface area contributed by atoms with Gasteiger partial charge in [-0.25, -0.2) is 0 Å². The molecule has 0 N–H and O–H groups in total. The van der Waals surface area contributed by atoms with Crippen molar-refractivity contribution < 1.29 is 14.2 Å². The molecule has 0 amide bonds. The first-order valence-corrected chi connectivity index (χ1v) is 9.30. The quantitative estimate of drug-likeness (QED) is 0.821. The van der Waals surface area contributed by atoms with Crippen molar-refractivity contribution in [1.82, 2.24) is 4.90 Å². The Balaban J connectivity index is 1.49. The van der Waals surface area contributed by atoms with Crippen molar-refractivity contribution in [2.24, 2.45) is 0 Å². The van der Waals surface area contributed by atoms with E-state index in [1.807, 2.05) is 13.0 Å². The molecule has 5 heteroatoms. The van der Waals surface area contributed by atoms with Gasteiger partial charge in [-0.15, -0.1) is 0 Å². The lowest BCUT2D eigenvalue weighted by Gasteiger charge is -2.36. The van der Waals surface area contributed by atoms with Crippen LogP contribution < -0.4 is 0 Å². The molecule has 5 nitrogen and oxygen atoms in total. The zero-order valence-electron chi connectivity index (χ0n) is 14.8. The van der Waals surface area contributed by atoms with Crippen LogP contribution in [-0.2, 0) is 14.2 Å². The third-order valence-electron chi connectivity index (χ3n) is 5.90. The number of rotatable bonds is 5. The van der Waals surface area contributed by atoms with Crippen LogP contribution in [0.3, 0.4) is 0 Å². The number of ether oxygens (including phenoxy) is 3. The van der Waals surface area contributed by atoms with Crippen molar-refractivity contribution in [2.45, 2.75) is 62.6 Å². The summed E-state index contributed by atoms with van der Waals surface area (Å²) < 4.78 is 17.4. The lowest BCUT2D eigenvalue weighted by atomic mass is 9.88. The summed E-state index contributed by atoms with van der Waals surface area (Å²) in [4.78, 5) is 2.33. The van der Waals surface area contributed by atoms with Crippen LogP contribution in [0.4, 0.5) is 0 Å². The minimum Gasteiger partial charge on any atom is -0.361 e. The highest BCUT2D eigenvalue weighted by atomic mass is 16.7. The second kappa shape index (κ2) is 6.69. The zero-order valence-corrected chi connectivity index (χ0v) is 14.8. The van der Waals surface area contributed by atoms with Crippen LogP contribution in [-0.4, -0.2) is 42.3 Å². The van der Waals surface area contributed by atoms with Gasteiger partial charge in [0.1, 0.15) is 11.8 Å². The number of nitriles is 1. The Bertz CT molecular complexity index is 638. The van der Waals surface area contributed by atoms with Crippen molar-refractivity contribution in [1.29, 1.82) is 5.26 Å². The molecule has 0 saturated carbocycles. The van der Waals surface area contributed by atoms with Crippen LogP contribution in [0.5, 0.6) is 0 Å². The number of hydrogen-bond acceptors (Lipinski definition) is 5. The Morgan fingerprint density at radius 2 is 1.96 bits per heavy atom. The SMILES string of the molecule is CC1(CCCC2(C#N)CCC3OCC(c4ccccc4)N32)OCCO1. The van der Waals surface area contributed by atoms with E-state index in [-0.39, 0.29) is 12.3 Å². The summed E-state index contributed by atoms with van der Waals surface area (Å²) in [5.41, 5.74) is 0.789. The minimum absolute atomic E-state index is 0.0689. The van der Waals surface area contributed by atoms with Crippen LogP contribution in [0.1, 0.15) is 50.6 Å². The van der Waals surface area contributed by atoms with Gasteiger partial charge in [-0.2, -0.15) is 5.26 Å². The van der Waals surface area contributed by atoms with Crippen molar-refractivity contribution in [3.8, 4) is 6.07 Å². The molecular weight excluding hydrogens is 316 g/mol. The Morgan fingerprint density at radius 1 is 1.20 bits per heavy atom. The van der Waals surface area contributed by atoms with Crippen molar-refractivity contribution in [3.63, 3.8) is 0 Å². The predicted octanol–water partition coefficient (Wildman–Crippen LogP) is 3.38. The highest BCUT2D eigenvalue weighted by Gasteiger charge is 2.53. The molecule has 25 heavy (non-hydrogen) atoms. The first-order chi connectivity index (χ1) is 12.2. The monoisotopic (exact) mass is 342 g/mol. The molecule has 3 unspecified atom stereocenters. The molecule has 3 heterocycles. The summed E-state index contributed by atoms with van der Waals surface area (Å²) in [5.74, 6) is -0.477. The predicted molar refractivity (Wildman–Crippen MR) is 92.5 cm³/mol. The lowest BCUT2D eigenvalue weighted by Crippen LogP contribution is -2.45. The molecule has 3 aliphatic heterocycles. The summed E-state index contributed by atoms with van der Waals surface area (Å²) in [5, 5.41) is 10.1. The summed E-state index contributed by atoms with van der Waals surface area (Å²) in [6.07, 6.45) is 4.44. The second-order valence-electron chi connectivity index (χ2n) is 7.49. The third-order valence-corrected chi connectivity index (χ3v) is 5.90. The first-order valence-electron chi connectivity index (χ1n) is 9.30. The van der Waals surface area contributed by atoms with Gasteiger partial charge in [-0.3, -0.25) is 4.90 Å². The van der Waals surface area contributed by atoms with Crippen LogP contribution >= 0.6 is 0 Å². The molecule has 1 aromatic carbocycles.